The van der Waals surface area contributed by atoms with Crippen molar-refractivity contribution < 1.29 is 22.7 Å². The van der Waals surface area contributed by atoms with Crippen molar-refractivity contribution >= 4 is 33.2 Å². The first-order chi connectivity index (χ1) is 20.1. The molecule has 4 aliphatic rings. The van der Waals surface area contributed by atoms with Gasteiger partial charge in [-0.05, 0) is 105 Å². The molecule has 2 aromatic rings. The van der Waals surface area contributed by atoms with E-state index in [2.05, 4.69) is 27.8 Å². The largest absolute Gasteiger partial charge is 0.490 e. The van der Waals surface area contributed by atoms with Crippen molar-refractivity contribution in [1.29, 1.82) is 0 Å². The zero-order valence-electron chi connectivity index (χ0n) is 24.6. The summed E-state index contributed by atoms with van der Waals surface area (Å²) in [5.74, 6) is 0.710. The van der Waals surface area contributed by atoms with Crippen molar-refractivity contribution in [3.8, 4) is 5.75 Å². The molecule has 6 atom stereocenters. The van der Waals surface area contributed by atoms with E-state index in [1.807, 2.05) is 31.2 Å². The van der Waals surface area contributed by atoms with Gasteiger partial charge in [-0.15, -0.1) is 0 Å². The Balaban J connectivity index is 1.43. The lowest BCUT2D eigenvalue weighted by molar-refractivity contribution is 0.0131. The summed E-state index contributed by atoms with van der Waals surface area (Å²) in [5, 5.41) is 0.00998. The number of methoxy groups -OCH3 is 1. The lowest BCUT2D eigenvalue weighted by atomic mass is 9.68. The molecule has 42 heavy (non-hydrogen) atoms. The number of nitrogens with one attached hydrogen (secondary N) is 1. The highest BCUT2D eigenvalue weighted by molar-refractivity contribution is 7.90. The maximum atomic E-state index is 13.4. The van der Waals surface area contributed by atoms with Crippen LogP contribution in [0, 0.1) is 17.8 Å². The third-order valence-electron chi connectivity index (χ3n) is 10.3. The molecule has 226 valence electrons. The van der Waals surface area contributed by atoms with Gasteiger partial charge in [0.25, 0.3) is 5.91 Å². The van der Waals surface area contributed by atoms with Crippen LogP contribution in [0.3, 0.4) is 0 Å². The zero-order valence-corrected chi connectivity index (χ0v) is 26.2. The van der Waals surface area contributed by atoms with Crippen molar-refractivity contribution in [2.24, 2.45) is 17.8 Å². The van der Waals surface area contributed by atoms with Crippen LogP contribution in [0.2, 0.25) is 5.02 Å². The number of benzene rings is 2. The third kappa shape index (κ3) is 5.46. The van der Waals surface area contributed by atoms with Crippen LogP contribution in [0.15, 0.2) is 48.6 Å². The van der Waals surface area contributed by atoms with E-state index in [4.69, 9.17) is 21.1 Å². The molecule has 2 bridgehead atoms. The molecular weight excluding hydrogens is 572 g/mol. The summed E-state index contributed by atoms with van der Waals surface area (Å²) in [4.78, 5) is 15.7. The Morgan fingerprint density at radius 1 is 1.14 bits per heavy atom. The Labute approximate surface area is 254 Å². The summed E-state index contributed by atoms with van der Waals surface area (Å²) >= 11 is 6.40. The van der Waals surface area contributed by atoms with Gasteiger partial charge in [0.2, 0.25) is 10.0 Å². The molecule has 2 aliphatic carbocycles. The molecule has 2 heterocycles. The third-order valence-corrected chi connectivity index (χ3v) is 12.4. The molecule has 0 saturated heterocycles. The van der Waals surface area contributed by atoms with Crippen LogP contribution in [-0.2, 0) is 26.6 Å². The predicted octanol–water partition coefficient (Wildman–Crippen LogP) is 5.90. The first kappa shape index (κ1) is 29.5. The molecule has 1 N–H and O–H groups in total. The van der Waals surface area contributed by atoms with Crippen LogP contribution < -0.4 is 14.4 Å². The number of carbonyl (C=O) groups is 1. The molecule has 1 saturated carbocycles. The highest BCUT2D eigenvalue weighted by Crippen LogP contribution is 2.47. The maximum absolute atomic E-state index is 13.4. The van der Waals surface area contributed by atoms with E-state index < -0.39 is 21.2 Å². The lowest BCUT2D eigenvalue weighted by Gasteiger charge is -2.46. The zero-order chi connectivity index (χ0) is 29.6. The van der Waals surface area contributed by atoms with Gasteiger partial charge in [-0.1, -0.05) is 36.7 Å². The molecule has 2 aliphatic heterocycles. The summed E-state index contributed by atoms with van der Waals surface area (Å²) in [6, 6.07) is 11.5. The Hall–Kier alpha value is -2.55. The summed E-state index contributed by atoms with van der Waals surface area (Å²) in [6.07, 6.45) is 9.93. The topological polar surface area (TPSA) is 84.9 Å². The minimum atomic E-state index is -3.88. The molecule has 7 nitrogen and oxygen atoms in total. The van der Waals surface area contributed by atoms with Crippen LogP contribution in [0.5, 0.6) is 5.75 Å². The van der Waals surface area contributed by atoms with Crippen LogP contribution in [0.1, 0.15) is 67.4 Å². The number of sulfonamides is 1. The van der Waals surface area contributed by atoms with Gasteiger partial charge in [-0.3, -0.25) is 4.79 Å². The Morgan fingerprint density at radius 2 is 1.98 bits per heavy atom. The molecule has 0 unspecified atom stereocenters. The van der Waals surface area contributed by atoms with E-state index in [1.165, 1.54) is 11.1 Å². The summed E-state index contributed by atoms with van der Waals surface area (Å²) in [7, 11) is -2.13. The second-order valence-electron chi connectivity index (χ2n) is 12.8. The van der Waals surface area contributed by atoms with E-state index in [-0.39, 0.29) is 17.4 Å². The number of amides is 1. The number of rotatable bonds is 1. The molecule has 2 aromatic carbocycles. The van der Waals surface area contributed by atoms with Gasteiger partial charge < -0.3 is 14.4 Å². The second-order valence-corrected chi connectivity index (χ2v) is 15.3. The minimum Gasteiger partial charge on any atom is -0.490 e. The SMILES string of the molecule is CO[C@H]1/C=C/C[C@H](C)[C@@H](C)S(=O)(=O)NC(=O)c2ccc3c(c2)N(C[C@@H]2CC[C@H]21)C[C@@]1(CCCc2cc(Cl)ccc21)CO3. The number of hydrogen-bond donors (Lipinski definition) is 1. The number of aryl methyl sites for hydroxylation is 1. The highest BCUT2D eigenvalue weighted by Gasteiger charge is 2.44. The number of carbonyl (C=O) groups excluding carboxylic acids is 1. The Morgan fingerprint density at radius 3 is 2.74 bits per heavy atom. The van der Waals surface area contributed by atoms with Gasteiger partial charge in [0.05, 0.1) is 23.6 Å². The second kappa shape index (κ2) is 11.5. The molecule has 0 aromatic heterocycles. The van der Waals surface area contributed by atoms with Crippen LogP contribution in [0.4, 0.5) is 5.69 Å². The van der Waals surface area contributed by atoms with Crippen LogP contribution in [0.25, 0.3) is 0 Å². The first-order valence-electron chi connectivity index (χ1n) is 15.2. The Bertz CT molecular complexity index is 1490. The molecule has 1 fully saturated rings. The molecule has 9 heteroatoms. The standard InChI is InChI=1S/C33H41ClN2O5S/c1-21-6-4-8-30(40-3)27-12-9-25(27)18-36-19-33(15-5-7-23-16-26(34)11-13-28(23)33)20-41-31-14-10-24(17-29(31)36)32(37)35-42(38,39)22(21)2/h4,8,10-11,13-14,16-17,21-22,25,27,30H,5-7,9,12,15,18-20H2,1-3H3,(H,35,37)/b8-4+/t21-,22+,25-,27+,30-,33-/m0/s1. The van der Waals surface area contributed by atoms with Crippen molar-refractivity contribution in [3.63, 3.8) is 0 Å². The van der Waals surface area contributed by atoms with Gasteiger partial charge in [-0.25, -0.2) is 13.1 Å². The van der Waals surface area contributed by atoms with Gasteiger partial charge in [-0.2, -0.15) is 0 Å². The maximum Gasteiger partial charge on any atom is 0.264 e. The van der Waals surface area contributed by atoms with Crippen molar-refractivity contribution in [2.75, 3.05) is 31.7 Å². The van der Waals surface area contributed by atoms with Crippen LogP contribution >= 0.6 is 11.6 Å². The molecule has 6 rings (SSSR count). The highest BCUT2D eigenvalue weighted by atomic mass is 35.5. The normalized spacial score (nSPS) is 33.3. The van der Waals surface area contributed by atoms with E-state index in [0.29, 0.717) is 30.4 Å². The van der Waals surface area contributed by atoms with Gasteiger partial charge in [0.15, 0.2) is 0 Å². The van der Waals surface area contributed by atoms with E-state index in [9.17, 15) is 13.2 Å². The van der Waals surface area contributed by atoms with Crippen molar-refractivity contribution in [1.82, 2.24) is 4.72 Å². The van der Waals surface area contributed by atoms with Gasteiger partial charge >= 0.3 is 0 Å². The van der Waals surface area contributed by atoms with E-state index >= 15 is 0 Å². The van der Waals surface area contributed by atoms with Crippen molar-refractivity contribution in [3.05, 3.63) is 70.3 Å². The monoisotopic (exact) mass is 612 g/mol. The fourth-order valence-corrected chi connectivity index (χ4v) is 8.87. The fourth-order valence-electron chi connectivity index (χ4n) is 7.39. The van der Waals surface area contributed by atoms with E-state index in [1.54, 1.807) is 20.1 Å². The van der Waals surface area contributed by atoms with Crippen molar-refractivity contribution in [2.45, 2.75) is 69.1 Å². The minimum absolute atomic E-state index is 0.0315. The number of allylic oxidation sites excluding steroid dienone is 1. The quantitative estimate of drug-likeness (QED) is 0.404. The average Bonchev–Trinajstić information content (AvgIpc) is 3.10. The predicted molar refractivity (Wildman–Crippen MR) is 166 cm³/mol. The van der Waals surface area contributed by atoms with Gasteiger partial charge in [0, 0.05) is 36.2 Å². The molecule has 1 spiro atoms. The number of nitrogens with zero attached hydrogens (tertiary/aromatic N) is 1. The average molecular weight is 613 g/mol. The number of anilines is 1. The number of fused-ring (bicyclic) bond motifs is 4. The summed E-state index contributed by atoms with van der Waals surface area (Å²) in [6.45, 7) is 5.63. The molecule has 1 amide bonds. The summed E-state index contributed by atoms with van der Waals surface area (Å²) in [5.41, 5.74) is 3.48. The van der Waals surface area contributed by atoms with E-state index in [0.717, 1.165) is 61.7 Å². The van der Waals surface area contributed by atoms with Crippen LogP contribution in [-0.4, -0.2) is 52.5 Å². The Kier molecular flexibility index (Phi) is 8.09. The van der Waals surface area contributed by atoms with Gasteiger partial charge in [0.1, 0.15) is 5.75 Å². The molecular formula is C33H41ClN2O5S. The lowest BCUT2D eigenvalue weighted by Crippen LogP contribution is -2.49. The fraction of sp³-hybridized carbons (Fsp3) is 0.545. The number of hydrogen-bond acceptors (Lipinski definition) is 6. The number of ether oxygens (including phenoxy) is 2. The smallest absolute Gasteiger partial charge is 0.264 e. The number of halogens is 1. The first-order valence-corrected chi connectivity index (χ1v) is 17.1. The molecule has 0 radical (unpaired) electrons. The summed E-state index contributed by atoms with van der Waals surface area (Å²) < 4.78 is 41.3.